The highest BCUT2D eigenvalue weighted by atomic mass is 19.4. The third-order valence-corrected chi connectivity index (χ3v) is 9.17. The highest BCUT2D eigenvalue weighted by Gasteiger charge is 2.61. The van der Waals surface area contributed by atoms with Crippen LogP contribution < -0.4 is 10.1 Å². The van der Waals surface area contributed by atoms with Crippen LogP contribution in [0.2, 0.25) is 0 Å². The standard InChI is InChI=1S/C33H35F6N3O4/c1-41-14-11-23-21(18-41)9-10-27(46-2)28(23)25-8-4-6-22-20(5-3-7-24(22)25)17-26(29(43)44)40-30(45)31(33(37,38)39)12-15-42(16-13-31)19-32(34,35)36/h3-10,26H,11-19H2,1-2H3,(H,40,45)(H,43,44)/t26-/m0/s1. The molecule has 3 aromatic carbocycles. The van der Waals surface area contributed by atoms with E-state index in [1.165, 1.54) is 0 Å². The maximum absolute atomic E-state index is 14.3. The van der Waals surface area contributed by atoms with Crippen molar-refractivity contribution in [3.05, 3.63) is 65.2 Å². The minimum absolute atomic E-state index is 0.315. The number of carboxylic acids is 1. The van der Waals surface area contributed by atoms with E-state index in [-0.39, 0.29) is 6.42 Å². The van der Waals surface area contributed by atoms with Gasteiger partial charge in [-0.3, -0.25) is 9.69 Å². The molecule has 2 aliphatic rings. The quantitative estimate of drug-likeness (QED) is 0.299. The van der Waals surface area contributed by atoms with E-state index in [1.807, 2.05) is 37.4 Å². The molecule has 248 valence electrons. The van der Waals surface area contributed by atoms with E-state index in [0.29, 0.717) is 16.7 Å². The van der Waals surface area contributed by atoms with Crippen LogP contribution in [0, 0.1) is 5.41 Å². The Hall–Kier alpha value is -3.84. The molecule has 0 radical (unpaired) electrons. The van der Waals surface area contributed by atoms with Crippen LogP contribution in [0.15, 0.2) is 48.5 Å². The SMILES string of the molecule is COc1ccc2c(c1-c1cccc3c(C[C@H](NC(=O)C4(C(F)(F)F)CCN(CC(F)(F)F)CC4)C(=O)O)cccc13)CCN(C)C2. The van der Waals surface area contributed by atoms with Gasteiger partial charge in [0.1, 0.15) is 17.2 Å². The van der Waals surface area contributed by atoms with E-state index in [9.17, 15) is 41.0 Å². The van der Waals surface area contributed by atoms with Gasteiger partial charge in [0.2, 0.25) is 5.91 Å². The number of nitrogens with one attached hydrogen (secondary N) is 1. The molecular weight excluding hydrogens is 616 g/mol. The number of alkyl halides is 6. The maximum Gasteiger partial charge on any atom is 0.403 e. The van der Waals surface area contributed by atoms with E-state index in [4.69, 9.17) is 4.74 Å². The van der Waals surface area contributed by atoms with Crippen molar-refractivity contribution in [2.24, 2.45) is 5.41 Å². The monoisotopic (exact) mass is 651 g/mol. The third-order valence-electron chi connectivity index (χ3n) is 9.17. The third kappa shape index (κ3) is 6.66. The first-order valence-electron chi connectivity index (χ1n) is 14.9. The van der Waals surface area contributed by atoms with Gasteiger partial charge in [0.05, 0.1) is 13.7 Å². The summed E-state index contributed by atoms with van der Waals surface area (Å²) in [5.41, 5.74) is 1.57. The molecule has 1 fully saturated rings. The molecule has 2 heterocycles. The Balaban J connectivity index is 1.46. The second-order valence-electron chi connectivity index (χ2n) is 12.1. The summed E-state index contributed by atoms with van der Waals surface area (Å²) in [7, 11) is 3.63. The van der Waals surface area contributed by atoms with Gasteiger partial charge in [-0.1, -0.05) is 42.5 Å². The fraction of sp³-hybridized carbons (Fsp3) is 0.455. The molecule has 46 heavy (non-hydrogen) atoms. The Morgan fingerprint density at radius 1 is 0.978 bits per heavy atom. The average molecular weight is 652 g/mol. The number of fused-ring (bicyclic) bond motifs is 2. The number of methoxy groups -OCH3 is 1. The molecule has 13 heteroatoms. The minimum atomic E-state index is -5.10. The Labute approximate surface area is 262 Å². The van der Waals surface area contributed by atoms with Gasteiger partial charge in [0.25, 0.3) is 0 Å². The summed E-state index contributed by atoms with van der Waals surface area (Å²) in [5.74, 6) is -2.41. The number of carboxylic acid groups (broad SMARTS) is 1. The Kier molecular flexibility index (Phi) is 9.29. The van der Waals surface area contributed by atoms with E-state index in [2.05, 4.69) is 10.2 Å². The molecule has 1 atom stereocenters. The molecule has 0 unspecified atom stereocenters. The number of carbonyl (C=O) groups excluding carboxylic acids is 1. The number of amides is 1. The van der Waals surface area contributed by atoms with Gasteiger partial charge in [-0.2, -0.15) is 26.3 Å². The van der Waals surface area contributed by atoms with E-state index in [0.717, 1.165) is 52.1 Å². The smallest absolute Gasteiger partial charge is 0.403 e. The van der Waals surface area contributed by atoms with Crippen molar-refractivity contribution in [1.29, 1.82) is 0 Å². The molecule has 3 aromatic rings. The highest BCUT2D eigenvalue weighted by molar-refractivity contribution is 6.01. The van der Waals surface area contributed by atoms with Gasteiger partial charge in [0, 0.05) is 25.1 Å². The molecular formula is C33H35F6N3O4. The molecule has 2 aliphatic heterocycles. The number of likely N-dealkylation sites (N-methyl/N-ethyl adjacent to an activating group) is 1. The Morgan fingerprint density at radius 2 is 1.65 bits per heavy atom. The molecule has 5 rings (SSSR count). The van der Waals surface area contributed by atoms with Gasteiger partial charge in [-0.05, 0) is 78.5 Å². The van der Waals surface area contributed by atoms with Crippen LogP contribution >= 0.6 is 0 Å². The number of halogens is 6. The van der Waals surface area contributed by atoms with Crippen molar-refractivity contribution in [3.63, 3.8) is 0 Å². The zero-order chi connectivity index (χ0) is 33.4. The lowest BCUT2D eigenvalue weighted by Crippen LogP contribution is -2.59. The predicted octanol–water partition coefficient (Wildman–Crippen LogP) is 5.82. The molecule has 7 nitrogen and oxygen atoms in total. The number of benzene rings is 3. The first-order valence-corrected chi connectivity index (χ1v) is 14.9. The van der Waals surface area contributed by atoms with Gasteiger partial charge < -0.3 is 20.1 Å². The van der Waals surface area contributed by atoms with Crippen LogP contribution in [-0.2, 0) is 29.0 Å². The van der Waals surface area contributed by atoms with Crippen LogP contribution in [0.5, 0.6) is 5.75 Å². The summed E-state index contributed by atoms with van der Waals surface area (Å²) in [5, 5.41) is 13.6. The number of nitrogens with zero attached hydrogens (tertiary/aromatic N) is 2. The Morgan fingerprint density at radius 3 is 2.28 bits per heavy atom. The number of hydrogen-bond donors (Lipinski definition) is 2. The molecule has 0 bridgehead atoms. The number of likely N-dealkylation sites (tertiary alicyclic amines) is 1. The second kappa shape index (κ2) is 12.7. The first kappa shape index (κ1) is 33.5. The zero-order valence-electron chi connectivity index (χ0n) is 25.4. The molecule has 0 aromatic heterocycles. The summed E-state index contributed by atoms with van der Waals surface area (Å²) >= 11 is 0. The normalized spacial score (nSPS) is 18.2. The summed E-state index contributed by atoms with van der Waals surface area (Å²) < 4.78 is 87.3. The van der Waals surface area contributed by atoms with Crippen LogP contribution in [0.3, 0.4) is 0 Å². The number of hydrogen-bond acceptors (Lipinski definition) is 5. The summed E-state index contributed by atoms with van der Waals surface area (Å²) in [6.07, 6.45) is -11.1. The van der Waals surface area contributed by atoms with Crippen molar-refractivity contribution in [2.75, 3.05) is 40.3 Å². The van der Waals surface area contributed by atoms with E-state index in [1.54, 1.807) is 25.3 Å². The predicted molar refractivity (Wildman–Crippen MR) is 159 cm³/mol. The van der Waals surface area contributed by atoms with E-state index >= 15 is 0 Å². The largest absolute Gasteiger partial charge is 0.496 e. The lowest BCUT2D eigenvalue weighted by atomic mass is 9.76. The molecule has 1 amide bonds. The molecule has 0 aliphatic carbocycles. The topological polar surface area (TPSA) is 82.1 Å². The Bertz CT molecular complexity index is 1620. The second-order valence-corrected chi connectivity index (χ2v) is 12.1. The van der Waals surface area contributed by atoms with Crippen LogP contribution in [0.25, 0.3) is 21.9 Å². The lowest BCUT2D eigenvalue weighted by molar-refractivity contribution is -0.236. The minimum Gasteiger partial charge on any atom is -0.496 e. The van der Waals surface area contributed by atoms with Gasteiger partial charge in [-0.15, -0.1) is 0 Å². The van der Waals surface area contributed by atoms with Gasteiger partial charge in [0.15, 0.2) is 0 Å². The van der Waals surface area contributed by atoms with Gasteiger partial charge in [-0.25, -0.2) is 4.79 Å². The first-order chi connectivity index (χ1) is 21.6. The molecule has 0 spiro atoms. The molecule has 1 saturated heterocycles. The van der Waals surface area contributed by atoms with Crippen molar-refractivity contribution in [1.82, 2.24) is 15.1 Å². The van der Waals surface area contributed by atoms with Crippen molar-refractivity contribution >= 4 is 22.6 Å². The van der Waals surface area contributed by atoms with Crippen LogP contribution in [0.1, 0.15) is 29.5 Å². The fourth-order valence-electron chi connectivity index (χ4n) is 6.71. The average Bonchev–Trinajstić information content (AvgIpc) is 2.99. The number of ether oxygens (including phenoxy) is 1. The molecule has 0 saturated carbocycles. The number of aliphatic carboxylic acids is 1. The van der Waals surface area contributed by atoms with Gasteiger partial charge >= 0.3 is 18.3 Å². The van der Waals surface area contributed by atoms with E-state index < -0.39 is 68.2 Å². The summed E-state index contributed by atoms with van der Waals surface area (Å²) in [6.45, 7) is -0.998. The summed E-state index contributed by atoms with van der Waals surface area (Å²) in [6, 6.07) is 13.0. The summed E-state index contributed by atoms with van der Waals surface area (Å²) in [4.78, 5) is 28.6. The number of rotatable bonds is 8. The maximum atomic E-state index is 14.3. The number of piperidine rings is 1. The van der Waals surface area contributed by atoms with Crippen molar-refractivity contribution in [3.8, 4) is 16.9 Å². The van der Waals surface area contributed by atoms with Crippen LogP contribution in [-0.4, -0.2) is 85.5 Å². The molecule has 2 N–H and O–H groups in total. The zero-order valence-corrected chi connectivity index (χ0v) is 25.4. The van der Waals surface area contributed by atoms with Crippen molar-refractivity contribution in [2.45, 2.75) is 50.6 Å². The highest BCUT2D eigenvalue weighted by Crippen LogP contribution is 2.47. The van der Waals surface area contributed by atoms with Crippen LogP contribution in [0.4, 0.5) is 26.3 Å². The lowest BCUT2D eigenvalue weighted by Gasteiger charge is -2.42. The fourth-order valence-corrected chi connectivity index (χ4v) is 6.71. The van der Waals surface area contributed by atoms with Crippen molar-refractivity contribution < 1.29 is 45.8 Å². The number of carbonyl (C=O) groups is 2.